The van der Waals surface area contributed by atoms with E-state index in [0.717, 1.165) is 24.5 Å². The van der Waals surface area contributed by atoms with Crippen LogP contribution in [0.2, 0.25) is 0 Å². The van der Waals surface area contributed by atoms with Crippen LogP contribution in [0.15, 0.2) is 54.6 Å². The maximum absolute atomic E-state index is 5.97. The van der Waals surface area contributed by atoms with Crippen molar-refractivity contribution >= 4 is 0 Å². The van der Waals surface area contributed by atoms with E-state index in [1.807, 2.05) is 42.5 Å². The highest BCUT2D eigenvalue weighted by Gasteiger charge is 2.10. The van der Waals surface area contributed by atoms with E-state index in [1.165, 1.54) is 5.56 Å². The van der Waals surface area contributed by atoms with Crippen molar-refractivity contribution in [3.63, 3.8) is 0 Å². The number of rotatable bonds is 6. The minimum atomic E-state index is 0.292. The van der Waals surface area contributed by atoms with Crippen molar-refractivity contribution in [2.24, 2.45) is 0 Å². The molecule has 0 saturated carbocycles. The summed E-state index contributed by atoms with van der Waals surface area (Å²) in [7, 11) is 0. The van der Waals surface area contributed by atoms with Crippen molar-refractivity contribution in [2.45, 2.75) is 26.3 Å². The zero-order chi connectivity index (χ0) is 13.5. The first-order chi connectivity index (χ1) is 9.31. The van der Waals surface area contributed by atoms with Gasteiger partial charge >= 0.3 is 0 Å². The zero-order valence-corrected chi connectivity index (χ0v) is 11.6. The molecule has 0 aliphatic heterocycles. The molecule has 2 aromatic rings. The summed E-state index contributed by atoms with van der Waals surface area (Å²) in [5, 5.41) is 3.49. The summed E-state index contributed by atoms with van der Waals surface area (Å²) >= 11 is 0. The Morgan fingerprint density at radius 2 is 1.68 bits per heavy atom. The minimum absolute atomic E-state index is 0.292. The predicted molar refractivity (Wildman–Crippen MR) is 79.7 cm³/mol. The smallest absolute Gasteiger partial charge is 0.132 e. The molecule has 2 aromatic carbocycles. The normalized spacial score (nSPS) is 12.1. The van der Waals surface area contributed by atoms with Crippen LogP contribution in [0.4, 0.5) is 0 Å². The second-order valence-corrected chi connectivity index (χ2v) is 4.63. The minimum Gasteiger partial charge on any atom is -0.457 e. The lowest BCUT2D eigenvalue weighted by Gasteiger charge is -2.17. The molecule has 0 spiro atoms. The summed E-state index contributed by atoms with van der Waals surface area (Å²) < 4.78 is 5.97. The van der Waals surface area contributed by atoms with E-state index < -0.39 is 0 Å². The Kier molecular flexibility index (Phi) is 4.99. The van der Waals surface area contributed by atoms with E-state index >= 15 is 0 Å². The quantitative estimate of drug-likeness (QED) is 0.818. The first-order valence-electron chi connectivity index (χ1n) is 6.86. The first-order valence-corrected chi connectivity index (χ1v) is 6.86. The van der Waals surface area contributed by atoms with Crippen LogP contribution >= 0.6 is 0 Å². The van der Waals surface area contributed by atoms with Gasteiger partial charge in [-0.15, -0.1) is 0 Å². The van der Waals surface area contributed by atoms with Gasteiger partial charge in [-0.25, -0.2) is 0 Å². The van der Waals surface area contributed by atoms with E-state index in [1.54, 1.807) is 0 Å². The average Bonchev–Trinajstić information content (AvgIpc) is 2.46. The van der Waals surface area contributed by atoms with E-state index in [0.29, 0.717) is 6.04 Å². The summed E-state index contributed by atoms with van der Waals surface area (Å²) in [6, 6.07) is 18.4. The Bertz CT molecular complexity index is 496. The molecule has 0 amide bonds. The lowest BCUT2D eigenvalue weighted by atomic mass is 10.1. The summed E-state index contributed by atoms with van der Waals surface area (Å²) in [6.45, 7) is 5.36. The molecule has 2 rings (SSSR count). The highest BCUT2D eigenvalue weighted by atomic mass is 16.5. The molecule has 100 valence electrons. The van der Waals surface area contributed by atoms with Crippen molar-refractivity contribution in [1.29, 1.82) is 0 Å². The van der Waals surface area contributed by atoms with E-state index in [-0.39, 0.29) is 0 Å². The van der Waals surface area contributed by atoms with Crippen LogP contribution in [-0.4, -0.2) is 6.54 Å². The van der Waals surface area contributed by atoms with Crippen LogP contribution in [-0.2, 0) is 0 Å². The number of hydrogen-bond donors (Lipinski definition) is 1. The van der Waals surface area contributed by atoms with Gasteiger partial charge in [-0.3, -0.25) is 0 Å². The fourth-order valence-corrected chi connectivity index (χ4v) is 2.02. The number of ether oxygens (including phenoxy) is 1. The summed E-state index contributed by atoms with van der Waals surface area (Å²) in [5.74, 6) is 1.79. The molecule has 2 heteroatoms. The Morgan fingerprint density at radius 3 is 2.42 bits per heavy atom. The van der Waals surface area contributed by atoms with Crippen LogP contribution in [0.3, 0.4) is 0 Å². The molecule has 19 heavy (non-hydrogen) atoms. The molecule has 2 nitrogen and oxygen atoms in total. The molecular formula is C17H21NO. The van der Waals surface area contributed by atoms with Crippen LogP contribution in [0.25, 0.3) is 0 Å². The van der Waals surface area contributed by atoms with Crippen LogP contribution in [0.1, 0.15) is 31.9 Å². The average molecular weight is 255 g/mol. The van der Waals surface area contributed by atoms with Gasteiger partial charge in [0, 0.05) is 11.6 Å². The molecule has 0 aliphatic rings. The van der Waals surface area contributed by atoms with Crippen molar-refractivity contribution in [3.05, 3.63) is 60.2 Å². The molecular weight excluding hydrogens is 234 g/mol. The van der Waals surface area contributed by atoms with E-state index in [2.05, 4.69) is 31.3 Å². The lowest BCUT2D eigenvalue weighted by Crippen LogP contribution is -2.19. The van der Waals surface area contributed by atoms with Crippen molar-refractivity contribution in [1.82, 2.24) is 5.32 Å². The molecule has 0 aromatic heterocycles. The maximum Gasteiger partial charge on any atom is 0.132 e. The Hall–Kier alpha value is -1.80. The fraction of sp³-hybridized carbons (Fsp3) is 0.294. The van der Waals surface area contributed by atoms with Crippen LogP contribution < -0.4 is 10.1 Å². The standard InChI is InChI=1S/C17H21NO/c1-3-13-18-14(2)16-11-7-8-12-17(16)19-15-9-5-4-6-10-15/h4-12,14,18H,3,13H2,1-2H3. The number of benzene rings is 2. The lowest BCUT2D eigenvalue weighted by molar-refractivity contribution is 0.461. The molecule has 0 heterocycles. The van der Waals surface area contributed by atoms with Gasteiger partial charge in [-0.1, -0.05) is 43.3 Å². The Morgan fingerprint density at radius 1 is 1.00 bits per heavy atom. The number of hydrogen-bond acceptors (Lipinski definition) is 2. The largest absolute Gasteiger partial charge is 0.457 e. The second kappa shape index (κ2) is 6.95. The molecule has 0 aliphatic carbocycles. The highest BCUT2D eigenvalue weighted by Crippen LogP contribution is 2.29. The van der Waals surface area contributed by atoms with Gasteiger partial charge in [0.05, 0.1) is 0 Å². The van der Waals surface area contributed by atoms with E-state index in [9.17, 15) is 0 Å². The van der Waals surface area contributed by atoms with Crippen LogP contribution in [0.5, 0.6) is 11.5 Å². The molecule has 0 fully saturated rings. The summed E-state index contributed by atoms with van der Waals surface area (Å²) in [4.78, 5) is 0. The molecule has 1 N–H and O–H groups in total. The van der Waals surface area contributed by atoms with Crippen molar-refractivity contribution in [3.8, 4) is 11.5 Å². The van der Waals surface area contributed by atoms with Gasteiger partial charge in [0.25, 0.3) is 0 Å². The van der Waals surface area contributed by atoms with Gasteiger partial charge < -0.3 is 10.1 Å². The van der Waals surface area contributed by atoms with Gasteiger partial charge in [-0.2, -0.15) is 0 Å². The summed E-state index contributed by atoms with van der Waals surface area (Å²) in [5.41, 5.74) is 1.19. The number of nitrogens with one attached hydrogen (secondary N) is 1. The first kappa shape index (κ1) is 13.6. The van der Waals surface area contributed by atoms with Gasteiger partial charge in [-0.05, 0) is 38.1 Å². The van der Waals surface area contributed by atoms with E-state index in [4.69, 9.17) is 4.74 Å². The zero-order valence-electron chi connectivity index (χ0n) is 11.6. The Labute approximate surface area is 115 Å². The van der Waals surface area contributed by atoms with Crippen molar-refractivity contribution < 1.29 is 4.74 Å². The topological polar surface area (TPSA) is 21.3 Å². The van der Waals surface area contributed by atoms with Crippen molar-refractivity contribution in [2.75, 3.05) is 6.54 Å². The molecule has 1 atom stereocenters. The maximum atomic E-state index is 5.97. The predicted octanol–water partition coefficient (Wildman–Crippen LogP) is 4.54. The third kappa shape index (κ3) is 3.83. The molecule has 1 unspecified atom stereocenters. The van der Waals surface area contributed by atoms with Gasteiger partial charge in [0.2, 0.25) is 0 Å². The SMILES string of the molecule is CCCNC(C)c1ccccc1Oc1ccccc1. The van der Waals surface area contributed by atoms with Crippen LogP contribution in [0, 0.1) is 0 Å². The van der Waals surface area contributed by atoms with Gasteiger partial charge in [0.15, 0.2) is 0 Å². The highest BCUT2D eigenvalue weighted by molar-refractivity contribution is 5.39. The molecule has 0 bridgehead atoms. The third-order valence-corrected chi connectivity index (χ3v) is 3.06. The summed E-state index contributed by atoms with van der Waals surface area (Å²) in [6.07, 6.45) is 1.13. The monoisotopic (exact) mass is 255 g/mol. The number of para-hydroxylation sites is 2. The molecule has 0 radical (unpaired) electrons. The second-order valence-electron chi connectivity index (χ2n) is 4.63. The van der Waals surface area contributed by atoms with Gasteiger partial charge in [0.1, 0.15) is 11.5 Å². The molecule has 0 saturated heterocycles. The fourth-order valence-electron chi connectivity index (χ4n) is 2.02. The third-order valence-electron chi connectivity index (χ3n) is 3.06. The Balaban J connectivity index is 2.16.